The van der Waals surface area contributed by atoms with Crippen LogP contribution in [0.1, 0.15) is 11.6 Å². The summed E-state index contributed by atoms with van der Waals surface area (Å²) >= 11 is 0. The molecule has 2 atom stereocenters. The lowest BCUT2D eigenvalue weighted by Crippen LogP contribution is -2.28. The number of likely N-dealkylation sites (tertiary alicyclic amines) is 1. The van der Waals surface area contributed by atoms with Crippen LogP contribution in [-0.4, -0.2) is 25.1 Å². The van der Waals surface area contributed by atoms with Gasteiger partial charge in [0.15, 0.2) is 0 Å². The fraction of sp³-hybridized carbons (Fsp3) is 0.385. The van der Waals surface area contributed by atoms with Gasteiger partial charge in [-0.25, -0.2) is 0 Å². The maximum atomic E-state index is 5.77. The highest BCUT2D eigenvalue weighted by Crippen LogP contribution is 2.45. The largest absolute Gasteiger partial charge is 0.493 e. The lowest BCUT2D eigenvalue weighted by atomic mass is 9.89. The summed E-state index contributed by atoms with van der Waals surface area (Å²) in [6.45, 7) is 5.92. The molecule has 2 nitrogen and oxygen atoms in total. The lowest BCUT2D eigenvalue weighted by molar-refractivity contribution is 0.172. The van der Waals surface area contributed by atoms with Crippen LogP contribution in [0.15, 0.2) is 36.4 Å². The third-order valence-electron chi connectivity index (χ3n) is 3.49. The highest BCUT2D eigenvalue weighted by Gasteiger charge is 2.40. The Kier molecular flexibility index (Phi) is 1.86. The maximum absolute atomic E-state index is 5.77. The van der Waals surface area contributed by atoms with E-state index < -0.39 is 0 Å². The van der Waals surface area contributed by atoms with Crippen LogP contribution in [0.3, 0.4) is 0 Å². The van der Waals surface area contributed by atoms with Crippen LogP contribution >= 0.6 is 0 Å². The average molecular weight is 201 g/mol. The number of hydrogen-bond donors (Lipinski definition) is 0. The van der Waals surface area contributed by atoms with E-state index in [2.05, 4.69) is 36.7 Å². The highest BCUT2D eigenvalue weighted by atomic mass is 16.5. The van der Waals surface area contributed by atoms with E-state index in [0.717, 1.165) is 18.9 Å². The Morgan fingerprint density at radius 2 is 2.20 bits per heavy atom. The maximum Gasteiger partial charge on any atom is 0.124 e. The highest BCUT2D eigenvalue weighted by molar-refractivity contribution is 5.41. The van der Waals surface area contributed by atoms with Crippen LogP contribution in [0.4, 0.5) is 0 Å². The van der Waals surface area contributed by atoms with E-state index in [0.29, 0.717) is 12.0 Å². The van der Waals surface area contributed by atoms with E-state index in [4.69, 9.17) is 4.74 Å². The number of likely N-dealkylation sites (N-methyl/N-ethyl adjacent to an activating group) is 1. The summed E-state index contributed by atoms with van der Waals surface area (Å²) in [6, 6.07) is 8.81. The second-order valence-electron chi connectivity index (χ2n) is 4.47. The predicted octanol–water partition coefficient (Wildman–Crippen LogP) is 2.24. The molecule has 0 saturated carbocycles. The van der Waals surface area contributed by atoms with Gasteiger partial charge in [-0.2, -0.15) is 0 Å². The van der Waals surface area contributed by atoms with Gasteiger partial charge in [0, 0.05) is 24.1 Å². The molecule has 15 heavy (non-hydrogen) atoms. The summed E-state index contributed by atoms with van der Waals surface area (Å²) in [5, 5.41) is 0. The van der Waals surface area contributed by atoms with Crippen molar-refractivity contribution >= 4 is 0 Å². The molecule has 2 heterocycles. The molecule has 0 aliphatic carbocycles. The molecule has 0 unspecified atom stereocenters. The van der Waals surface area contributed by atoms with Gasteiger partial charge >= 0.3 is 0 Å². The van der Waals surface area contributed by atoms with Crippen LogP contribution in [-0.2, 0) is 0 Å². The zero-order valence-electron chi connectivity index (χ0n) is 8.94. The van der Waals surface area contributed by atoms with Gasteiger partial charge in [0.2, 0.25) is 0 Å². The monoisotopic (exact) mass is 201 g/mol. The van der Waals surface area contributed by atoms with Crippen molar-refractivity contribution in [3.05, 3.63) is 42.0 Å². The molecular weight excluding hydrogens is 186 g/mol. The van der Waals surface area contributed by atoms with Gasteiger partial charge in [0.25, 0.3) is 0 Å². The number of benzene rings is 1. The smallest absolute Gasteiger partial charge is 0.124 e. The number of nitrogens with zero attached hydrogens (tertiary/aromatic N) is 1. The predicted molar refractivity (Wildman–Crippen MR) is 59.9 cm³/mol. The summed E-state index contributed by atoms with van der Waals surface area (Å²) in [7, 11) is 2.16. The van der Waals surface area contributed by atoms with E-state index in [-0.39, 0.29) is 0 Å². The molecule has 2 aliphatic heterocycles. The van der Waals surface area contributed by atoms with Gasteiger partial charge < -0.3 is 4.74 Å². The summed E-state index contributed by atoms with van der Waals surface area (Å²) in [5.41, 5.74) is 2.62. The first-order valence-electron chi connectivity index (χ1n) is 5.37. The van der Waals surface area contributed by atoms with Crippen molar-refractivity contribution in [1.29, 1.82) is 0 Å². The number of para-hydroxylation sites is 1. The molecule has 2 heteroatoms. The van der Waals surface area contributed by atoms with E-state index in [1.165, 1.54) is 11.1 Å². The Hall–Kier alpha value is -1.28. The van der Waals surface area contributed by atoms with Crippen molar-refractivity contribution in [2.75, 3.05) is 20.2 Å². The summed E-state index contributed by atoms with van der Waals surface area (Å²) in [5.74, 6) is 1.52. The zero-order chi connectivity index (χ0) is 10.4. The SMILES string of the molecule is C=C1CN(C)[C@@H]2c3ccccc3OC[C@H]12. The van der Waals surface area contributed by atoms with E-state index >= 15 is 0 Å². The number of fused-ring (bicyclic) bond motifs is 3. The third-order valence-corrected chi connectivity index (χ3v) is 3.49. The number of rotatable bonds is 0. The Morgan fingerprint density at radius 3 is 3.07 bits per heavy atom. The van der Waals surface area contributed by atoms with Gasteiger partial charge in [-0.15, -0.1) is 0 Å². The second-order valence-corrected chi connectivity index (χ2v) is 4.47. The van der Waals surface area contributed by atoms with Crippen molar-refractivity contribution in [2.45, 2.75) is 6.04 Å². The second kappa shape index (κ2) is 3.11. The first-order valence-corrected chi connectivity index (χ1v) is 5.37. The third kappa shape index (κ3) is 1.21. The minimum Gasteiger partial charge on any atom is -0.493 e. The molecule has 78 valence electrons. The quantitative estimate of drug-likeness (QED) is 0.597. The molecule has 1 aromatic rings. The number of hydrogen-bond acceptors (Lipinski definition) is 2. The van der Waals surface area contributed by atoms with E-state index in [1.54, 1.807) is 0 Å². The topological polar surface area (TPSA) is 12.5 Å². The molecule has 0 aromatic heterocycles. The van der Waals surface area contributed by atoms with Crippen molar-refractivity contribution in [2.24, 2.45) is 5.92 Å². The first-order chi connectivity index (χ1) is 7.27. The Bertz CT molecular complexity index is 413. The van der Waals surface area contributed by atoms with Crippen LogP contribution in [0.5, 0.6) is 5.75 Å². The zero-order valence-corrected chi connectivity index (χ0v) is 8.94. The Balaban J connectivity index is 2.09. The van der Waals surface area contributed by atoms with Crippen LogP contribution in [0.2, 0.25) is 0 Å². The minimum atomic E-state index is 0.474. The minimum absolute atomic E-state index is 0.474. The molecular formula is C13H15NO. The molecule has 0 bridgehead atoms. The molecule has 3 rings (SSSR count). The van der Waals surface area contributed by atoms with Crippen molar-refractivity contribution in [1.82, 2.24) is 4.90 Å². The molecule has 2 aliphatic rings. The Morgan fingerprint density at radius 1 is 1.40 bits per heavy atom. The van der Waals surface area contributed by atoms with Gasteiger partial charge in [-0.1, -0.05) is 30.4 Å². The van der Waals surface area contributed by atoms with Gasteiger partial charge in [0.05, 0.1) is 6.61 Å². The summed E-state index contributed by atoms with van der Waals surface area (Å²) < 4.78 is 5.77. The van der Waals surface area contributed by atoms with Crippen molar-refractivity contribution < 1.29 is 4.74 Å². The lowest BCUT2D eigenvalue weighted by Gasteiger charge is -2.31. The van der Waals surface area contributed by atoms with Crippen molar-refractivity contribution in [3.8, 4) is 5.75 Å². The van der Waals surface area contributed by atoms with E-state index in [1.807, 2.05) is 6.07 Å². The fourth-order valence-corrected chi connectivity index (χ4v) is 2.77. The molecule has 0 N–H and O–H groups in total. The van der Waals surface area contributed by atoms with E-state index in [9.17, 15) is 0 Å². The molecule has 1 fully saturated rings. The first kappa shape index (κ1) is 8.98. The number of ether oxygens (including phenoxy) is 1. The fourth-order valence-electron chi connectivity index (χ4n) is 2.77. The molecule has 1 saturated heterocycles. The summed E-state index contributed by atoms with van der Waals surface area (Å²) in [6.07, 6.45) is 0. The molecule has 1 aromatic carbocycles. The van der Waals surface area contributed by atoms with Crippen LogP contribution in [0, 0.1) is 5.92 Å². The standard InChI is InChI=1S/C13H15NO/c1-9-7-14(2)13-10-5-3-4-6-12(10)15-8-11(9)13/h3-6,11,13H,1,7-8H2,2H3/t11-,13-/m1/s1. The van der Waals surface area contributed by atoms with Gasteiger partial charge in [-0.3, -0.25) is 4.90 Å². The van der Waals surface area contributed by atoms with Crippen LogP contribution < -0.4 is 4.74 Å². The van der Waals surface area contributed by atoms with Gasteiger partial charge in [0.1, 0.15) is 5.75 Å². The molecule has 0 amide bonds. The van der Waals surface area contributed by atoms with Crippen LogP contribution in [0.25, 0.3) is 0 Å². The Labute approximate surface area is 90.2 Å². The average Bonchev–Trinajstić information content (AvgIpc) is 2.55. The normalized spacial score (nSPS) is 29.5. The summed E-state index contributed by atoms with van der Waals surface area (Å²) in [4.78, 5) is 2.37. The van der Waals surface area contributed by atoms with Crippen molar-refractivity contribution in [3.63, 3.8) is 0 Å². The van der Waals surface area contributed by atoms with Gasteiger partial charge in [-0.05, 0) is 13.1 Å². The molecule has 0 radical (unpaired) electrons. The molecule has 0 spiro atoms.